The van der Waals surface area contributed by atoms with Gasteiger partial charge in [-0.2, -0.15) is 0 Å². The number of hydrogen-bond acceptors (Lipinski definition) is 2. The highest BCUT2D eigenvalue weighted by atomic mass is 35.5. The maximum atomic E-state index is 9.65. The largest absolute Gasteiger partial charge is 0.392 e. The average Bonchev–Trinajstić information content (AvgIpc) is 2.90. The summed E-state index contributed by atoms with van der Waals surface area (Å²) in [4.78, 5) is 3.99. The molecule has 4 heteroatoms. The van der Waals surface area contributed by atoms with Crippen molar-refractivity contribution in [1.29, 1.82) is 0 Å². The Balaban J connectivity index is 2.38. The summed E-state index contributed by atoms with van der Waals surface area (Å²) in [5.41, 5.74) is 0.864. The van der Waals surface area contributed by atoms with Crippen LogP contribution >= 0.6 is 23.2 Å². The van der Waals surface area contributed by atoms with Crippen molar-refractivity contribution < 1.29 is 5.11 Å². The third kappa shape index (κ3) is 1.52. The number of rotatable bonds is 2. The van der Waals surface area contributed by atoms with Gasteiger partial charge in [0.15, 0.2) is 0 Å². The maximum Gasteiger partial charge on any atom is 0.147 e. The van der Waals surface area contributed by atoms with Crippen molar-refractivity contribution in [2.24, 2.45) is 0 Å². The van der Waals surface area contributed by atoms with Crippen LogP contribution in [-0.2, 0) is 5.41 Å². The van der Waals surface area contributed by atoms with Gasteiger partial charge in [0.2, 0.25) is 0 Å². The molecule has 1 aromatic heterocycles. The topological polar surface area (TPSA) is 33.1 Å². The molecule has 1 unspecified atom stereocenters. The molecule has 1 heterocycles. The quantitative estimate of drug-likeness (QED) is 0.795. The number of halogens is 2. The monoisotopic (exact) mass is 231 g/mol. The van der Waals surface area contributed by atoms with Gasteiger partial charge in [0.05, 0.1) is 11.1 Å². The number of aromatic nitrogens is 1. The van der Waals surface area contributed by atoms with Crippen molar-refractivity contribution in [3.63, 3.8) is 0 Å². The highest BCUT2D eigenvalue weighted by Crippen LogP contribution is 2.51. The molecule has 0 aromatic carbocycles. The van der Waals surface area contributed by atoms with Gasteiger partial charge in [0, 0.05) is 11.6 Å². The summed E-state index contributed by atoms with van der Waals surface area (Å²) in [6, 6.07) is 1.80. The van der Waals surface area contributed by atoms with E-state index in [4.69, 9.17) is 23.2 Å². The van der Waals surface area contributed by atoms with E-state index in [1.165, 1.54) is 0 Å². The van der Waals surface area contributed by atoms with E-state index in [2.05, 4.69) is 4.98 Å². The Bertz CT molecular complexity index is 361. The Morgan fingerprint density at radius 1 is 1.50 bits per heavy atom. The van der Waals surface area contributed by atoms with Crippen molar-refractivity contribution in [2.75, 3.05) is 0 Å². The van der Waals surface area contributed by atoms with Gasteiger partial charge in [-0.25, -0.2) is 4.98 Å². The zero-order chi connectivity index (χ0) is 10.3. The van der Waals surface area contributed by atoms with E-state index in [1.807, 2.05) is 0 Å². The lowest BCUT2D eigenvalue weighted by molar-refractivity contribution is 0.150. The molecule has 0 radical (unpaired) electrons. The van der Waals surface area contributed by atoms with Gasteiger partial charge >= 0.3 is 0 Å². The van der Waals surface area contributed by atoms with Gasteiger partial charge in [0.1, 0.15) is 5.15 Å². The van der Waals surface area contributed by atoms with Crippen LogP contribution in [0.1, 0.15) is 25.3 Å². The Kier molecular flexibility index (Phi) is 2.46. The van der Waals surface area contributed by atoms with E-state index < -0.39 is 0 Å². The molecule has 2 rings (SSSR count). The molecule has 0 aliphatic heterocycles. The lowest BCUT2D eigenvalue weighted by atomic mass is 9.92. The number of aliphatic hydroxyl groups is 1. The predicted octanol–water partition coefficient (Wildman–Crippen LogP) is 2.80. The summed E-state index contributed by atoms with van der Waals surface area (Å²) in [6.07, 6.45) is 3.32. The lowest BCUT2D eigenvalue weighted by Gasteiger charge is -2.18. The van der Waals surface area contributed by atoms with E-state index >= 15 is 0 Å². The van der Waals surface area contributed by atoms with E-state index in [-0.39, 0.29) is 11.5 Å². The van der Waals surface area contributed by atoms with Crippen LogP contribution in [0.25, 0.3) is 0 Å². The minimum atomic E-state index is -0.360. The van der Waals surface area contributed by atoms with Gasteiger partial charge in [-0.1, -0.05) is 23.2 Å². The van der Waals surface area contributed by atoms with Crippen LogP contribution < -0.4 is 0 Å². The summed E-state index contributed by atoms with van der Waals surface area (Å²) in [5.74, 6) is 0. The van der Waals surface area contributed by atoms with Gasteiger partial charge in [-0.05, 0) is 31.4 Å². The Labute approximate surface area is 92.9 Å². The Hall–Kier alpha value is -0.310. The van der Waals surface area contributed by atoms with E-state index in [0.717, 1.165) is 18.4 Å². The van der Waals surface area contributed by atoms with Crippen LogP contribution in [0.3, 0.4) is 0 Å². The minimum Gasteiger partial charge on any atom is -0.392 e. The molecule has 0 spiro atoms. The van der Waals surface area contributed by atoms with Crippen molar-refractivity contribution in [1.82, 2.24) is 4.98 Å². The summed E-state index contributed by atoms with van der Waals surface area (Å²) < 4.78 is 0. The van der Waals surface area contributed by atoms with Crippen LogP contribution in [0.15, 0.2) is 12.3 Å². The second kappa shape index (κ2) is 3.37. The molecular weight excluding hydrogens is 221 g/mol. The average molecular weight is 232 g/mol. The highest BCUT2D eigenvalue weighted by Gasteiger charge is 2.48. The fraction of sp³-hybridized carbons (Fsp3) is 0.500. The molecule has 1 saturated carbocycles. The summed E-state index contributed by atoms with van der Waals surface area (Å²) in [7, 11) is 0. The van der Waals surface area contributed by atoms with Gasteiger partial charge < -0.3 is 5.11 Å². The van der Waals surface area contributed by atoms with Crippen LogP contribution in [0.2, 0.25) is 10.2 Å². The molecular formula is C10H11Cl2NO. The van der Waals surface area contributed by atoms with Crippen LogP contribution in [0, 0.1) is 0 Å². The Morgan fingerprint density at radius 2 is 2.14 bits per heavy atom. The summed E-state index contributed by atoms with van der Waals surface area (Å²) >= 11 is 11.6. The first-order chi connectivity index (χ1) is 6.56. The third-order valence-corrected chi connectivity index (χ3v) is 3.65. The number of aliphatic hydroxyl groups excluding tert-OH is 1. The standard InChI is InChI=1S/C10H11Cl2NO/c1-6(14)10(2-3-10)7-4-8(11)9(12)13-5-7/h4-6,14H,2-3H2,1H3. The number of pyridine rings is 1. The SMILES string of the molecule is CC(O)C1(c2cnc(Cl)c(Cl)c2)CC1. The van der Waals surface area contributed by atoms with Gasteiger partial charge in [-0.15, -0.1) is 0 Å². The molecule has 1 aliphatic carbocycles. The molecule has 2 nitrogen and oxygen atoms in total. The van der Waals surface area contributed by atoms with Crippen LogP contribution in [-0.4, -0.2) is 16.2 Å². The number of hydrogen-bond donors (Lipinski definition) is 1. The predicted molar refractivity (Wildman–Crippen MR) is 56.8 cm³/mol. The van der Waals surface area contributed by atoms with E-state index in [0.29, 0.717) is 10.2 Å². The van der Waals surface area contributed by atoms with Crippen LogP contribution in [0.4, 0.5) is 0 Å². The molecule has 1 fully saturated rings. The maximum absolute atomic E-state index is 9.65. The molecule has 0 bridgehead atoms. The summed E-state index contributed by atoms with van der Waals surface area (Å²) in [5, 5.41) is 10.4. The van der Waals surface area contributed by atoms with Crippen molar-refractivity contribution in [3.05, 3.63) is 28.0 Å². The normalized spacial score (nSPS) is 20.6. The zero-order valence-corrected chi connectivity index (χ0v) is 9.31. The summed E-state index contributed by atoms with van der Waals surface area (Å²) in [6.45, 7) is 1.80. The van der Waals surface area contributed by atoms with Crippen LogP contribution in [0.5, 0.6) is 0 Å². The van der Waals surface area contributed by atoms with E-state index in [9.17, 15) is 5.11 Å². The molecule has 0 saturated heterocycles. The highest BCUT2D eigenvalue weighted by molar-refractivity contribution is 6.41. The second-order valence-corrected chi connectivity index (χ2v) is 4.59. The van der Waals surface area contributed by atoms with Gasteiger partial charge in [0.25, 0.3) is 0 Å². The first-order valence-electron chi connectivity index (χ1n) is 4.56. The first-order valence-corrected chi connectivity index (χ1v) is 5.31. The first kappa shape index (κ1) is 10.2. The molecule has 1 atom stereocenters. The number of nitrogens with zero attached hydrogens (tertiary/aromatic N) is 1. The van der Waals surface area contributed by atoms with Gasteiger partial charge in [-0.3, -0.25) is 0 Å². The van der Waals surface area contributed by atoms with Crippen molar-refractivity contribution in [3.8, 4) is 0 Å². The molecule has 1 aliphatic rings. The lowest BCUT2D eigenvalue weighted by Crippen LogP contribution is -2.22. The second-order valence-electron chi connectivity index (χ2n) is 3.83. The smallest absolute Gasteiger partial charge is 0.147 e. The van der Waals surface area contributed by atoms with Crippen molar-refractivity contribution >= 4 is 23.2 Å². The molecule has 76 valence electrons. The fourth-order valence-corrected chi connectivity index (χ4v) is 2.05. The zero-order valence-electron chi connectivity index (χ0n) is 7.80. The van der Waals surface area contributed by atoms with Crippen molar-refractivity contribution in [2.45, 2.75) is 31.3 Å². The van der Waals surface area contributed by atoms with E-state index in [1.54, 1.807) is 19.2 Å². The third-order valence-electron chi connectivity index (χ3n) is 2.96. The Morgan fingerprint density at radius 3 is 2.57 bits per heavy atom. The minimum absolute atomic E-state index is 0.124. The molecule has 0 amide bonds. The molecule has 1 N–H and O–H groups in total. The molecule has 14 heavy (non-hydrogen) atoms. The fourth-order valence-electron chi connectivity index (χ4n) is 1.78. The molecule has 1 aromatic rings.